The zero-order valence-electron chi connectivity index (χ0n) is 27.6. The van der Waals surface area contributed by atoms with Gasteiger partial charge in [-0.1, -0.05) is 115 Å². The summed E-state index contributed by atoms with van der Waals surface area (Å²) in [6.07, 6.45) is 0. The van der Waals surface area contributed by atoms with Gasteiger partial charge in [0.2, 0.25) is 0 Å². The van der Waals surface area contributed by atoms with Crippen LogP contribution in [-0.4, -0.2) is 9.13 Å². The molecule has 238 valence electrons. The van der Waals surface area contributed by atoms with Gasteiger partial charge < -0.3 is 13.6 Å². The Morgan fingerprint density at radius 3 is 1.57 bits per heavy atom. The van der Waals surface area contributed by atoms with Crippen LogP contribution in [0.1, 0.15) is 0 Å². The van der Waals surface area contributed by atoms with Crippen molar-refractivity contribution >= 4 is 65.6 Å². The Morgan fingerprint density at radius 2 is 0.843 bits per heavy atom. The van der Waals surface area contributed by atoms with Crippen LogP contribution in [0.5, 0.6) is 0 Å². The normalized spacial score (nSPS) is 11.9. The first-order chi connectivity index (χ1) is 25.3. The van der Waals surface area contributed by atoms with Crippen molar-refractivity contribution in [3.63, 3.8) is 0 Å². The van der Waals surface area contributed by atoms with Crippen molar-refractivity contribution in [1.82, 2.24) is 9.13 Å². The van der Waals surface area contributed by atoms with Gasteiger partial charge in [-0.2, -0.15) is 0 Å². The molecule has 8 aromatic carbocycles. The van der Waals surface area contributed by atoms with Gasteiger partial charge in [-0.3, -0.25) is 0 Å². The molecule has 11 rings (SSSR count). The Kier molecular flexibility index (Phi) is 5.96. The number of benzene rings is 8. The second kappa shape index (κ2) is 10.8. The van der Waals surface area contributed by atoms with Gasteiger partial charge >= 0.3 is 0 Å². The molecule has 3 aromatic heterocycles. The van der Waals surface area contributed by atoms with E-state index in [1.165, 1.54) is 49.4 Å². The highest BCUT2D eigenvalue weighted by molar-refractivity contribution is 6.14. The number of rotatable bonds is 4. The summed E-state index contributed by atoms with van der Waals surface area (Å²) in [5.74, 6) is 0. The number of furan rings is 1. The molecule has 11 aromatic rings. The van der Waals surface area contributed by atoms with Crippen LogP contribution in [0.4, 0.5) is 0 Å². The van der Waals surface area contributed by atoms with Gasteiger partial charge in [0.1, 0.15) is 5.58 Å². The fourth-order valence-electron chi connectivity index (χ4n) is 8.21. The average molecular weight is 651 g/mol. The van der Waals surface area contributed by atoms with Crippen LogP contribution in [0.2, 0.25) is 0 Å². The van der Waals surface area contributed by atoms with Gasteiger partial charge in [-0.25, -0.2) is 0 Å². The second-order valence-corrected chi connectivity index (χ2v) is 13.3. The van der Waals surface area contributed by atoms with Gasteiger partial charge in [0.15, 0.2) is 5.58 Å². The molecule has 51 heavy (non-hydrogen) atoms. The molecule has 3 heteroatoms. The molecule has 3 heterocycles. The molecule has 0 saturated carbocycles. The fraction of sp³-hybridized carbons (Fsp3) is 0. The zero-order valence-corrected chi connectivity index (χ0v) is 27.6. The number of hydrogen-bond acceptors (Lipinski definition) is 1. The smallest absolute Gasteiger partial charge is 0.159 e. The SMILES string of the molecule is c1ccc(-n2c3ccccc3c3cc(-c4cccc(-c5cc(-n6c7ccccc7c7ccccc76)c6oc7ccccc7c6c5)c4)ccc32)cc1. The van der Waals surface area contributed by atoms with E-state index in [9.17, 15) is 0 Å². The molecule has 0 N–H and O–H groups in total. The van der Waals surface area contributed by atoms with Crippen LogP contribution in [0.25, 0.3) is 99.2 Å². The molecule has 0 aliphatic carbocycles. The molecule has 0 amide bonds. The van der Waals surface area contributed by atoms with E-state index in [4.69, 9.17) is 4.42 Å². The van der Waals surface area contributed by atoms with Gasteiger partial charge in [0.25, 0.3) is 0 Å². The Labute approximate surface area is 293 Å². The van der Waals surface area contributed by atoms with Gasteiger partial charge in [0.05, 0.1) is 27.8 Å². The first-order valence-corrected chi connectivity index (χ1v) is 17.4. The van der Waals surface area contributed by atoms with Crippen LogP contribution in [0.3, 0.4) is 0 Å². The van der Waals surface area contributed by atoms with E-state index in [2.05, 4.69) is 185 Å². The number of aromatic nitrogens is 2. The van der Waals surface area contributed by atoms with Crippen molar-refractivity contribution in [2.75, 3.05) is 0 Å². The molecule has 3 nitrogen and oxygen atoms in total. The summed E-state index contributed by atoms with van der Waals surface area (Å²) in [6.45, 7) is 0. The number of para-hydroxylation sites is 5. The summed E-state index contributed by atoms with van der Waals surface area (Å²) >= 11 is 0. The molecular formula is C48H30N2O. The predicted octanol–water partition coefficient (Wildman–Crippen LogP) is 13.1. The second-order valence-electron chi connectivity index (χ2n) is 13.3. The highest BCUT2D eigenvalue weighted by atomic mass is 16.3. The van der Waals surface area contributed by atoms with E-state index >= 15 is 0 Å². The minimum atomic E-state index is 0.892. The third-order valence-corrected chi connectivity index (χ3v) is 10.5. The van der Waals surface area contributed by atoms with E-state index in [0.29, 0.717) is 0 Å². The highest BCUT2D eigenvalue weighted by Crippen LogP contribution is 2.41. The zero-order chi connectivity index (χ0) is 33.5. The van der Waals surface area contributed by atoms with Crippen LogP contribution in [-0.2, 0) is 0 Å². The van der Waals surface area contributed by atoms with Crippen molar-refractivity contribution in [2.45, 2.75) is 0 Å². The molecular weight excluding hydrogens is 621 g/mol. The van der Waals surface area contributed by atoms with E-state index in [-0.39, 0.29) is 0 Å². The molecule has 0 bridgehead atoms. The van der Waals surface area contributed by atoms with Crippen LogP contribution in [0.15, 0.2) is 186 Å². The molecule has 0 aliphatic rings. The van der Waals surface area contributed by atoms with Crippen molar-refractivity contribution < 1.29 is 4.42 Å². The molecule has 0 unspecified atom stereocenters. The monoisotopic (exact) mass is 650 g/mol. The summed E-state index contributed by atoms with van der Waals surface area (Å²) in [6, 6.07) is 65.5. The van der Waals surface area contributed by atoms with E-state index in [1.54, 1.807) is 0 Å². The number of fused-ring (bicyclic) bond motifs is 9. The van der Waals surface area contributed by atoms with Crippen LogP contribution in [0, 0.1) is 0 Å². The first kappa shape index (κ1) is 28.0. The van der Waals surface area contributed by atoms with E-state index in [0.717, 1.165) is 49.8 Å². The highest BCUT2D eigenvalue weighted by Gasteiger charge is 2.20. The van der Waals surface area contributed by atoms with Crippen molar-refractivity contribution in [2.24, 2.45) is 0 Å². The molecule has 0 saturated heterocycles. The largest absolute Gasteiger partial charge is 0.454 e. The lowest BCUT2D eigenvalue weighted by atomic mass is 9.96. The van der Waals surface area contributed by atoms with Crippen LogP contribution < -0.4 is 0 Å². The predicted molar refractivity (Wildman–Crippen MR) is 213 cm³/mol. The standard InChI is InChI=1S/C48H30N2O/c1-2-15-35(16-3-1)49-42-21-8-6-19-38(42)40-28-33(25-26-45(40)49)31-13-12-14-32(27-31)34-29-41-39-20-7-11-24-47(39)51-48(41)46(30-34)50-43-22-9-4-17-36(43)37-18-5-10-23-44(37)50/h1-30H. The molecule has 0 aliphatic heterocycles. The third kappa shape index (κ3) is 4.19. The van der Waals surface area contributed by atoms with E-state index < -0.39 is 0 Å². The molecule has 0 atom stereocenters. The Hall–Kier alpha value is -6.84. The Bertz CT molecular complexity index is 3090. The van der Waals surface area contributed by atoms with Crippen molar-refractivity contribution in [1.29, 1.82) is 0 Å². The molecule has 0 radical (unpaired) electrons. The summed E-state index contributed by atoms with van der Waals surface area (Å²) in [4.78, 5) is 0. The lowest BCUT2D eigenvalue weighted by Crippen LogP contribution is -1.95. The summed E-state index contributed by atoms with van der Waals surface area (Å²) in [7, 11) is 0. The maximum absolute atomic E-state index is 6.68. The molecule has 0 fully saturated rings. The average Bonchev–Trinajstić information content (AvgIpc) is 3.86. The number of nitrogens with zero attached hydrogens (tertiary/aromatic N) is 2. The minimum absolute atomic E-state index is 0.892. The third-order valence-electron chi connectivity index (χ3n) is 10.5. The van der Waals surface area contributed by atoms with Crippen molar-refractivity contribution in [3.8, 4) is 33.6 Å². The summed E-state index contributed by atoms with van der Waals surface area (Å²) < 4.78 is 11.4. The lowest BCUT2D eigenvalue weighted by molar-refractivity contribution is 0.666. The van der Waals surface area contributed by atoms with Gasteiger partial charge in [0, 0.05) is 38.0 Å². The van der Waals surface area contributed by atoms with Gasteiger partial charge in [-0.15, -0.1) is 0 Å². The van der Waals surface area contributed by atoms with Gasteiger partial charge in [-0.05, 0) is 89.0 Å². The maximum Gasteiger partial charge on any atom is 0.159 e. The lowest BCUT2D eigenvalue weighted by Gasteiger charge is -2.13. The Morgan fingerprint density at radius 1 is 0.314 bits per heavy atom. The van der Waals surface area contributed by atoms with E-state index in [1.807, 2.05) is 6.07 Å². The summed E-state index contributed by atoms with van der Waals surface area (Å²) in [5, 5.41) is 7.19. The quantitative estimate of drug-likeness (QED) is 0.186. The Balaban J connectivity index is 1.13. The minimum Gasteiger partial charge on any atom is -0.454 e. The van der Waals surface area contributed by atoms with Crippen molar-refractivity contribution in [3.05, 3.63) is 182 Å². The summed E-state index contributed by atoms with van der Waals surface area (Å²) in [5.41, 5.74) is 13.4. The maximum atomic E-state index is 6.68. The fourth-order valence-corrected chi connectivity index (χ4v) is 8.21. The first-order valence-electron chi connectivity index (χ1n) is 17.4. The molecule has 0 spiro atoms. The topological polar surface area (TPSA) is 23.0 Å². The van der Waals surface area contributed by atoms with Crippen LogP contribution >= 0.6 is 0 Å². The number of hydrogen-bond donors (Lipinski definition) is 0.